The van der Waals surface area contributed by atoms with Gasteiger partial charge in [0, 0.05) is 25.6 Å². The minimum atomic E-state index is -1.99. The van der Waals surface area contributed by atoms with Crippen molar-refractivity contribution in [3.63, 3.8) is 0 Å². The van der Waals surface area contributed by atoms with Crippen molar-refractivity contribution in [3.8, 4) is 0 Å². The molecule has 1 N–H and O–H groups in total. The highest BCUT2D eigenvalue weighted by Gasteiger charge is 2.46. The third-order valence-electron chi connectivity index (χ3n) is 6.26. The molecule has 1 fully saturated rings. The maximum Gasteiger partial charge on any atom is 0.410 e. The Balaban J connectivity index is 2.25. The van der Waals surface area contributed by atoms with Crippen molar-refractivity contribution in [2.45, 2.75) is 77.3 Å². The number of aliphatic hydroxyl groups is 1. The Labute approximate surface area is 177 Å². The predicted molar refractivity (Wildman–Crippen MR) is 119 cm³/mol. The highest BCUT2D eigenvalue weighted by Crippen LogP contribution is 2.41. The van der Waals surface area contributed by atoms with E-state index in [1.54, 1.807) is 4.90 Å². The molecule has 1 aromatic rings. The van der Waals surface area contributed by atoms with Crippen LogP contribution >= 0.6 is 0 Å². The fraction of sp³-hybridized carbons (Fsp3) is 0.696. The number of carbonyl (C=O) groups is 1. The lowest BCUT2D eigenvalue weighted by Crippen LogP contribution is -2.55. The lowest BCUT2D eigenvalue weighted by molar-refractivity contribution is -0.0927. The van der Waals surface area contributed by atoms with Gasteiger partial charge in [-0.3, -0.25) is 0 Å². The molecule has 1 aliphatic heterocycles. The van der Waals surface area contributed by atoms with Crippen LogP contribution in [0.3, 0.4) is 0 Å². The first-order chi connectivity index (χ1) is 13.2. The molecule has 5 nitrogen and oxygen atoms in total. The van der Waals surface area contributed by atoms with Gasteiger partial charge in [-0.2, -0.15) is 0 Å². The SMILES string of the molecule is CC(C)(C)OC(=O)N1CCC(O)(c2ccccc2)C(CO[Si](C)(C)C(C)(C)C)C1. The Morgan fingerprint density at radius 1 is 1.17 bits per heavy atom. The lowest BCUT2D eigenvalue weighted by atomic mass is 9.76. The molecule has 2 atom stereocenters. The molecule has 2 unspecified atom stereocenters. The molecule has 0 spiro atoms. The van der Waals surface area contributed by atoms with E-state index in [4.69, 9.17) is 9.16 Å². The molecule has 2 rings (SSSR count). The summed E-state index contributed by atoms with van der Waals surface area (Å²) >= 11 is 0. The molecule has 1 saturated heterocycles. The van der Waals surface area contributed by atoms with Crippen LogP contribution < -0.4 is 0 Å². The first-order valence-electron chi connectivity index (χ1n) is 10.6. The van der Waals surface area contributed by atoms with E-state index in [9.17, 15) is 9.90 Å². The van der Waals surface area contributed by atoms with Gasteiger partial charge in [-0.25, -0.2) is 4.79 Å². The Morgan fingerprint density at radius 2 is 1.76 bits per heavy atom. The quantitative estimate of drug-likeness (QED) is 0.683. The molecular weight excluding hydrogens is 382 g/mol. The fourth-order valence-electron chi connectivity index (χ4n) is 3.33. The highest BCUT2D eigenvalue weighted by atomic mass is 28.4. The summed E-state index contributed by atoms with van der Waals surface area (Å²) in [4.78, 5) is 14.4. The van der Waals surface area contributed by atoms with Crippen molar-refractivity contribution in [3.05, 3.63) is 35.9 Å². The number of hydrogen-bond acceptors (Lipinski definition) is 4. The van der Waals surface area contributed by atoms with Crippen molar-refractivity contribution < 1.29 is 19.1 Å². The summed E-state index contributed by atoms with van der Waals surface area (Å²) in [6, 6.07) is 9.76. The van der Waals surface area contributed by atoms with Gasteiger partial charge in [-0.05, 0) is 50.9 Å². The number of carbonyl (C=O) groups excluding carboxylic acids is 1. The Kier molecular flexibility index (Phi) is 6.92. The number of nitrogens with zero attached hydrogens (tertiary/aromatic N) is 1. The second-order valence-corrected chi connectivity index (χ2v) is 15.5. The van der Waals surface area contributed by atoms with Crippen molar-refractivity contribution >= 4 is 14.4 Å². The maximum atomic E-state index is 12.7. The monoisotopic (exact) mass is 421 g/mol. The van der Waals surface area contributed by atoms with Gasteiger partial charge < -0.3 is 19.2 Å². The Morgan fingerprint density at radius 3 is 2.28 bits per heavy atom. The van der Waals surface area contributed by atoms with E-state index in [0.717, 1.165) is 5.56 Å². The van der Waals surface area contributed by atoms with Crippen molar-refractivity contribution in [1.29, 1.82) is 0 Å². The lowest BCUT2D eigenvalue weighted by Gasteiger charge is -2.46. The molecule has 0 saturated carbocycles. The van der Waals surface area contributed by atoms with Crippen LogP contribution in [0.2, 0.25) is 18.1 Å². The average molecular weight is 422 g/mol. The zero-order valence-corrected chi connectivity index (χ0v) is 20.4. The standard InChI is InChI=1S/C23H39NO4Si/c1-21(2,3)28-20(25)24-15-14-23(26,18-12-10-9-11-13-18)19(16-24)17-27-29(7,8)22(4,5)6/h9-13,19,26H,14-17H2,1-8H3. The van der Waals surface area contributed by atoms with E-state index in [-0.39, 0.29) is 17.0 Å². The Bertz CT molecular complexity index is 693. The van der Waals surface area contributed by atoms with Crippen LogP contribution in [-0.2, 0) is 14.8 Å². The van der Waals surface area contributed by atoms with Crippen LogP contribution in [0.4, 0.5) is 4.79 Å². The minimum Gasteiger partial charge on any atom is -0.444 e. The maximum absolute atomic E-state index is 12.7. The van der Waals surface area contributed by atoms with Gasteiger partial charge in [0.05, 0.1) is 5.60 Å². The van der Waals surface area contributed by atoms with Crippen LogP contribution in [0.1, 0.15) is 53.5 Å². The van der Waals surface area contributed by atoms with Gasteiger partial charge in [-0.15, -0.1) is 0 Å². The number of likely N-dealkylation sites (tertiary alicyclic amines) is 1. The molecule has 1 aliphatic rings. The molecule has 0 aromatic heterocycles. The van der Waals surface area contributed by atoms with Crippen LogP contribution in [0.15, 0.2) is 30.3 Å². The van der Waals surface area contributed by atoms with E-state index in [0.29, 0.717) is 26.1 Å². The number of piperidine rings is 1. The average Bonchev–Trinajstić information content (AvgIpc) is 2.59. The van der Waals surface area contributed by atoms with Crippen molar-refractivity contribution in [1.82, 2.24) is 4.90 Å². The minimum absolute atomic E-state index is 0.0807. The second kappa shape index (κ2) is 8.40. The van der Waals surface area contributed by atoms with Crippen molar-refractivity contribution in [2.75, 3.05) is 19.7 Å². The Hall–Kier alpha value is -1.37. The van der Waals surface area contributed by atoms with Crippen LogP contribution in [0.25, 0.3) is 0 Å². The van der Waals surface area contributed by atoms with E-state index in [2.05, 4.69) is 33.9 Å². The largest absolute Gasteiger partial charge is 0.444 e. The second-order valence-electron chi connectivity index (χ2n) is 10.7. The third kappa shape index (κ3) is 5.83. The molecule has 164 valence electrons. The summed E-state index contributed by atoms with van der Waals surface area (Å²) in [5.41, 5.74) is -0.688. The summed E-state index contributed by atoms with van der Waals surface area (Å²) in [7, 11) is -1.99. The number of benzene rings is 1. The summed E-state index contributed by atoms with van der Waals surface area (Å²) in [5.74, 6) is -0.222. The van der Waals surface area contributed by atoms with E-state index >= 15 is 0 Å². The summed E-state index contributed by atoms with van der Waals surface area (Å²) in [5, 5.41) is 11.8. The smallest absolute Gasteiger partial charge is 0.410 e. The van der Waals surface area contributed by atoms with Gasteiger partial charge in [0.25, 0.3) is 0 Å². The molecule has 0 aliphatic carbocycles. The predicted octanol–water partition coefficient (Wildman–Crippen LogP) is 5.15. The molecular formula is C23H39NO4Si. The molecule has 1 amide bonds. The number of amides is 1. The first kappa shape index (κ1) is 23.9. The van der Waals surface area contributed by atoms with E-state index in [1.807, 2.05) is 51.1 Å². The molecule has 1 heterocycles. The van der Waals surface area contributed by atoms with Crippen molar-refractivity contribution in [2.24, 2.45) is 5.92 Å². The van der Waals surface area contributed by atoms with Crippen LogP contribution in [0.5, 0.6) is 0 Å². The molecule has 6 heteroatoms. The van der Waals surface area contributed by atoms with Gasteiger partial charge in [0.2, 0.25) is 0 Å². The number of hydrogen-bond donors (Lipinski definition) is 1. The molecule has 0 bridgehead atoms. The zero-order valence-electron chi connectivity index (χ0n) is 19.4. The third-order valence-corrected chi connectivity index (χ3v) is 10.8. The van der Waals surface area contributed by atoms with Crippen LogP contribution in [-0.4, -0.2) is 49.7 Å². The van der Waals surface area contributed by atoms with Gasteiger partial charge in [-0.1, -0.05) is 51.1 Å². The molecule has 29 heavy (non-hydrogen) atoms. The summed E-state index contributed by atoms with van der Waals surface area (Å²) in [6.07, 6.45) is 0.131. The summed E-state index contributed by atoms with van der Waals surface area (Å²) < 4.78 is 12.1. The number of rotatable bonds is 4. The number of ether oxygens (including phenoxy) is 1. The molecule has 1 aromatic carbocycles. The normalized spacial score (nSPS) is 23.8. The van der Waals surface area contributed by atoms with E-state index < -0.39 is 19.5 Å². The van der Waals surface area contributed by atoms with Gasteiger partial charge >= 0.3 is 6.09 Å². The van der Waals surface area contributed by atoms with Gasteiger partial charge in [0.15, 0.2) is 8.32 Å². The topological polar surface area (TPSA) is 59.0 Å². The van der Waals surface area contributed by atoms with E-state index in [1.165, 1.54) is 0 Å². The first-order valence-corrected chi connectivity index (χ1v) is 13.5. The fourth-order valence-corrected chi connectivity index (χ4v) is 4.38. The highest BCUT2D eigenvalue weighted by molar-refractivity contribution is 6.74. The zero-order chi connectivity index (χ0) is 22.1. The summed E-state index contributed by atoms with van der Waals surface area (Å²) in [6.45, 7) is 17.9. The van der Waals surface area contributed by atoms with Crippen LogP contribution in [0, 0.1) is 5.92 Å². The molecule has 0 radical (unpaired) electrons. The van der Waals surface area contributed by atoms with Gasteiger partial charge in [0.1, 0.15) is 5.60 Å².